The van der Waals surface area contributed by atoms with Crippen molar-refractivity contribution in [3.8, 4) is 5.75 Å². The van der Waals surface area contributed by atoms with Gasteiger partial charge in [0.1, 0.15) is 18.2 Å². The molecule has 1 amide bonds. The number of aromatic amines is 1. The van der Waals surface area contributed by atoms with Gasteiger partial charge in [0.05, 0.1) is 17.1 Å². The number of nitrogens with one attached hydrogen (secondary N) is 2. The van der Waals surface area contributed by atoms with Crippen LogP contribution in [0.3, 0.4) is 0 Å². The summed E-state index contributed by atoms with van der Waals surface area (Å²) in [7, 11) is 3.41. The van der Waals surface area contributed by atoms with Gasteiger partial charge in [0.2, 0.25) is 11.9 Å². The fourth-order valence-electron chi connectivity index (χ4n) is 4.23. The molecule has 2 aromatic heterocycles. The molecule has 2 aromatic carbocycles. The van der Waals surface area contributed by atoms with E-state index in [-0.39, 0.29) is 5.91 Å². The first kappa shape index (κ1) is 27.7. The summed E-state index contributed by atoms with van der Waals surface area (Å²) in [4.78, 5) is 16.9. The molecule has 2 N–H and O–H groups in total. The molecular formula is C30H31F2N5O2. The monoisotopic (exact) mass is 531 g/mol. The Kier molecular flexibility index (Phi) is 9.17. The number of fused-ring (bicyclic) bond motifs is 1. The van der Waals surface area contributed by atoms with Crippen LogP contribution >= 0.6 is 0 Å². The van der Waals surface area contributed by atoms with Crippen molar-refractivity contribution < 1.29 is 18.3 Å². The van der Waals surface area contributed by atoms with Crippen molar-refractivity contribution in [2.45, 2.75) is 13.3 Å². The fraction of sp³-hybridized carbons (Fsp3) is 0.233. The number of carbonyl (C=O) groups excluding carboxylic acids is 1. The second-order valence-corrected chi connectivity index (χ2v) is 9.05. The van der Waals surface area contributed by atoms with Crippen molar-refractivity contribution in [1.29, 1.82) is 0 Å². The third-order valence-corrected chi connectivity index (χ3v) is 6.21. The highest BCUT2D eigenvalue weighted by Gasteiger charge is 2.17. The molecule has 2 heterocycles. The number of carbonyl (C=O) groups is 1. The van der Waals surface area contributed by atoms with Crippen LogP contribution in [0.1, 0.15) is 30.0 Å². The Morgan fingerprint density at radius 3 is 2.59 bits per heavy atom. The van der Waals surface area contributed by atoms with Gasteiger partial charge in [0, 0.05) is 45.0 Å². The van der Waals surface area contributed by atoms with Crippen LogP contribution in [0.4, 0.5) is 8.78 Å². The second kappa shape index (κ2) is 12.9. The number of H-pyrrole nitrogens is 1. The molecule has 4 aromatic rings. The Hall–Kier alpha value is -4.37. The molecule has 0 spiro atoms. The summed E-state index contributed by atoms with van der Waals surface area (Å²) < 4.78 is 35.0. The predicted octanol–water partition coefficient (Wildman–Crippen LogP) is 5.22. The largest absolute Gasteiger partial charge is 0.492 e. The maximum absolute atomic E-state index is 14.9. The molecule has 0 saturated heterocycles. The molecule has 0 bridgehead atoms. The van der Waals surface area contributed by atoms with Crippen molar-refractivity contribution in [2.75, 3.05) is 33.8 Å². The normalized spacial score (nSPS) is 12.1. The number of aromatic nitrogens is 3. The topological polar surface area (TPSA) is 83.1 Å². The minimum absolute atomic E-state index is 0.0609. The number of likely N-dealkylation sites (N-methyl/N-ethyl adjacent to an activating group) is 1. The molecule has 7 nitrogen and oxygen atoms in total. The van der Waals surface area contributed by atoms with Gasteiger partial charge >= 0.3 is 0 Å². The van der Waals surface area contributed by atoms with Crippen molar-refractivity contribution in [3.63, 3.8) is 0 Å². The number of pyridine rings is 1. The van der Waals surface area contributed by atoms with E-state index in [1.54, 1.807) is 44.6 Å². The minimum Gasteiger partial charge on any atom is -0.492 e. The molecule has 0 saturated carbocycles. The lowest BCUT2D eigenvalue weighted by molar-refractivity contribution is -0.123. The maximum atomic E-state index is 14.9. The number of benzene rings is 2. The Morgan fingerprint density at radius 1 is 1.10 bits per heavy atom. The van der Waals surface area contributed by atoms with Crippen LogP contribution in [-0.4, -0.2) is 59.8 Å². The first-order chi connectivity index (χ1) is 18.9. The van der Waals surface area contributed by atoms with Crippen LogP contribution in [0, 0.1) is 11.8 Å². The lowest BCUT2D eigenvalue weighted by Gasteiger charge is -2.17. The zero-order valence-electron chi connectivity index (χ0n) is 22.2. The van der Waals surface area contributed by atoms with Crippen molar-refractivity contribution in [1.82, 2.24) is 25.4 Å². The van der Waals surface area contributed by atoms with Gasteiger partial charge in [-0.1, -0.05) is 31.2 Å². The molecule has 0 fully saturated rings. The number of ether oxygens (including phenoxy) is 1. The molecule has 0 aliphatic rings. The van der Waals surface area contributed by atoms with Crippen molar-refractivity contribution >= 4 is 28.0 Å². The average Bonchev–Trinajstić information content (AvgIpc) is 3.31. The molecule has 0 aliphatic heterocycles. The number of nitrogens with zero attached hydrogens (tertiary/aromatic N) is 3. The summed E-state index contributed by atoms with van der Waals surface area (Å²) in [5, 5.41) is 9.90. The molecular weight excluding hydrogens is 500 g/mol. The number of halogens is 2. The quantitative estimate of drug-likeness (QED) is 0.205. The molecule has 9 heteroatoms. The lowest BCUT2D eigenvalue weighted by Crippen LogP contribution is -2.22. The Labute approximate surface area is 226 Å². The smallest absolute Gasteiger partial charge is 0.245 e. The van der Waals surface area contributed by atoms with Gasteiger partial charge in [0.15, 0.2) is 0 Å². The van der Waals surface area contributed by atoms with Gasteiger partial charge in [-0.25, -0.2) is 4.39 Å². The van der Waals surface area contributed by atoms with Crippen LogP contribution in [0.15, 0.2) is 73.1 Å². The summed E-state index contributed by atoms with van der Waals surface area (Å²) >= 11 is 0. The third kappa shape index (κ3) is 6.74. The number of allylic oxidation sites excluding steroid dienone is 1. The summed E-state index contributed by atoms with van der Waals surface area (Å²) in [6.45, 7) is 3.56. The highest BCUT2D eigenvalue weighted by atomic mass is 19.1. The van der Waals surface area contributed by atoms with Gasteiger partial charge in [0.25, 0.3) is 0 Å². The van der Waals surface area contributed by atoms with Gasteiger partial charge in [-0.15, -0.1) is 5.10 Å². The van der Waals surface area contributed by atoms with Crippen LogP contribution in [0.2, 0.25) is 0 Å². The summed E-state index contributed by atoms with van der Waals surface area (Å²) in [5.74, 6) is -0.385. The molecule has 0 radical (unpaired) electrons. The summed E-state index contributed by atoms with van der Waals surface area (Å²) in [6, 6.07) is 14.6. The van der Waals surface area contributed by atoms with E-state index in [0.717, 1.165) is 22.3 Å². The van der Waals surface area contributed by atoms with E-state index in [2.05, 4.69) is 20.5 Å². The molecule has 39 heavy (non-hydrogen) atoms. The molecule has 202 valence electrons. The summed E-state index contributed by atoms with van der Waals surface area (Å²) in [5.41, 5.74) is 4.18. The van der Waals surface area contributed by atoms with E-state index in [4.69, 9.17) is 4.74 Å². The zero-order chi connectivity index (χ0) is 27.8. The van der Waals surface area contributed by atoms with Gasteiger partial charge in [-0.05, 0) is 59.0 Å². The van der Waals surface area contributed by atoms with Gasteiger partial charge in [-0.2, -0.15) is 4.39 Å². The third-order valence-electron chi connectivity index (χ3n) is 6.21. The van der Waals surface area contributed by atoms with Crippen molar-refractivity contribution in [3.05, 3.63) is 102 Å². The Bertz CT molecular complexity index is 1490. The number of hydrogen-bond acceptors (Lipinski definition) is 5. The van der Waals surface area contributed by atoms with Crippen molar-refractivity contribution in [2.24, 2.45) is 0 Å². The SMILES string of the molecule is CC/C(=C(/c1ccc(OCCNC/C=C/C(=O)N(C)C)cc1)c1ccc2[nH]nc(F)c2c1)c1ccncc1F. The average molecular weight is 532 g/mol. The zero-order valence-corrected chi connectivity index (χ0v) is 22.2. The standard InChI is InChI=1S/C30H31F2N5O2/c1-4-23(24-13-15-34-19-26(24)31)29(21-9-12-27-25(18-21)30(32)36-35-27)20-7-10-22(11-8-20)39-17-16-33-14-5-6-28(38)37(2)3/h5-13,15,18-19,33H,4,14,16-17H2,1-3H3,(H,35,36)/b6-5+,29-23+. The molecule has 0 atom stereocenters. The Morgan fingerprint density at radius 2 is 1.87 bits per heavy atom. The second-order valence-electron chi connectivity index (χ2n) is 9.05. The van der Waals surface area contributed by atoms with E-state index >= 15 is 0 Å². The van der Waals surface area contributed by atoms with E-state index in [0.29, 0.717) is 48.3 Å². The molecule has 4 rings (SSSR count). The highest BCUT2D eigenvalue weighted by Crippen LogP contribution is 2.37. The molecule has 0 unspecified atom stereocenters. The fourth-order valence-corrected chi connectivity index (χ4v) is 4.23. The molecule has 0 aliphatic carbocycles. The van der Waals surface area contributed by atoms with E-state index < -0.39 is 11.8 Å². The van der Waals surface area contributed by atoms with Crippen LogP contribution in [0.25, 0.3) is 22.0 Å². The van der Waals surface area contributed by atoms with E-state index in [9.17, 15) is 13.6 Å². The highest BCUT2D eigenvalue weighted by molar-refractivity contribution is 6.00. The summed E-state index contributed by atoms with van der Waals surface area (Å²) in [6.07, 6.45) is 6.60. The first-order valence-corrected chi connectivity index (χ1v) is 12.7. The van der Waals surface area contributed by atoms with Gasteiger partial charge in [-0.3, -0.25) is 14.9 Å². The number of rotatable bonds is 11. The van der Waals surface area contributed by atoms with Crippen LogP contribution < -0.4 is 10.1 Å². The Balaban J connectivity index is 1.56. The van der Waals surface area contributed by atoms with Crippen LogP contribution in [0.5, 0.6) is 5.75 Å². The number of amides is 1. The predicted molar refractivity (Wildman–Crippen MR) is 149 cm³/mol. The maximum Gasteiger partial charge on any atom is 0.245 e. The lowest BCUT2D eigenvalue weighted by atomic mass is 9.88. The van der Waals surface area contributed by atoms with Gasteiger partial charge < -0.3 is 15.0 Å². The first-order valence-electron chi connectivity index (χ1n) is 12.7. The van der Waals surface area contributed by atoms with E-state index in [1.165, 1.54) is 17.2 Å². The van der Waals surface area contributed by atoms with Crippen LogP contribution in [-0.2, 0) is 4.79 Å². The number of hydrogen-bond donors (Lipinski definition) is 2. The van der Waals surface area contributed by atoms with E-state index in [1.807, 2.05) is 37.3 Å². The minimum atomic E-state index is -0.587.